The molecule has 3 rings (SSSR count). The van der Waals surface area contributed by atoms with Crippen LogP contribution in [-0.4, -0.2) is 10.9 Å². The van der Waals surface area contributed by atoms with Gasteiger partial charge in [0.05, 0.1) is 17.2 Å². The first-order valence-corrected chi connectivity index (χ1v) is 4.91. The fourth-order valence-electron chi connectivity index (χ4n) is 1.72. The lowest BCUT2D eigenvalue weighted by Crippen LogP contribution is -2.37. The third-order valence-corrected chi connectivity index (χ3v) is 2.45. The Labute approximate surface area is 90.9 Å². The number of aromatic nitrogens is 1. The third kappa shape index (κ3) is 1.33. The van der Waals surface area contributed by atoms with E-state index in [0.717, 1.165) is 5.22 Å². The molecule has 0 spiro atoms. The number of nitrogens with zero attached hydrogens (tertiary/aromatic N) is 3. The van der Waals surface area contributed by atoms with Crippen molar-refractivity contribution in [3.63, 3.8) is 0 Å². The maximum absolute atomic E-state index is 11.4. The monoisotopic (exact) mass is 212 g/mol. The summed E-state index contributed by atoms with van der Waals surface area (Å²) >= 11 is 0. The smallest absolute Gasteiger partial charge is 0.228 e. The van der Waals surface area contributed by atoms with Gasteiger partial charge in [0.1, 0.15) is 5.70 Å². The Bertz CT molecular complexity index is 642. The lowest BCUT2D eigenvalue weighted by atomic mass is 10.1. The summed E-state index contributed by atoms with van der Waals surface area (Å²) in [4.78, 5) is 15.5. The van der Waals surface area contributed by atoms with Crippen molar-refractivity contribution in [3.8, 4) is 0 Å². The zero-order valence-electron chi connectivity index (χ0n) is 8.34. The van der Waals surface area contributed by atoms with Crippen LogP contribution < -0.4 is 15.9 Å². The molecule has 3 heterocycles. The van der Waals surface area contributed by atoms with Crippen LogP contribution in [0.2, 0.25) is 0 Å². The van der Waals surface area contributed by atoms with Gasteiger partial charge in [0.15, 0.2) is 0 Å². The molecule has 5 nitrogen and oxygen atoms in total. The molecule has 0 saturated carbocycles. The average Bonchev–Trinajstić information content (AvgIpc) is 2.48. The standard InChI is InChI=1S/C11H8N4O/c16-10-4-3-8-11(14-10)7-2-1-5-12-9(7)6-13-15-8/h1-3,5-6H,4H2,(H,14,16). The summed E-state index contributed by atoms with van der Waals surface area (Å²) in [5.74, 6) is -0.0364. The second kappa shape index (κ2) is 3.37. The molecule has 1 aromatic rings. The second-order valence-electron chi connectivity index (χ2n) is 3.50. The Hall–Kier alpha value is -2.30. The largest absolute Gasteiger partial charge is 0.323 e. The quantitative estimate of drug-likeness (QED) is 0.647. The molecule has 16 heavy (non-hydrogen) atoms. The Morgan fingerprint density at radius 1 is 1.38 bits per heavy atom. The van der Waals surface area contributed by atoms with Gasteiger partial charge in [-0.05, 0) is 18.2 Å². The number of carbonyl (C=O) groups excluding carboxylic acids is 1. The molecule has 2 aliphatic heterocycles. The van der Waals surface area contributed by atoms with Crippen molar-refractivity contribution in [2.75, 3.05) is 0 Å². The molecule has 5 heteroatoms. The van der Waals surface area contributed by atoms with Crippen LogP contribution in [0, 0.1) is 0 Å². The predicted octanol–water partition coefficient (Wildman–Crippen LogP) is -0.203. The average molecular weight is 212 g/mol. The normalized spacial score (nSPS) is 17.6. The van der Waals surface area contributed by atoms with Crippen molar-refractivity contribution in [1.29, 1.82) is 0 Å². The Morgan fingerprint density at radius 2 is 2.31 bits per heavy atom. The number of pyridine rings is 1. The predicted molar refractivity (Wildman–Crippen MR) is 57.1 cm³/mol. The lowest BCUT2D eigenvalue weighted by Gasteiger charge is -2.13. The zero-order valence-corrected chi connectivity index (χ0v) is 8.34. The van der Waals surface area contributed by atoms with Crippen LogP contribution in [0.15, 0.2) is 40.3 Å². The minimum absolute atomic E-state index is 0.0364. The van der Waals surface area contributed by atoms with Gasteiger partial charge in [-0.25, -0.2) is 0 Å². The number of amides is 1. The van der Waals surface area contributed by atoms with Crippen LogP contribution in [0.25, 0.3) is 11.9 Å². The Morgan fingerprint density at radius 3 is 3.25 bits per heavy atom. The molecule has 1 N–H and O–H groups in total. The van der Waals surface area contributed by atoms with Gasteiger partial charge in [-0.15, -0.1) is 5.11 Å². The van der Waals surface area contributed by atoms with E-state index in [-0.39, 0.29) is 5.91 Å². The van der Waals surface area contributed by atoms with Crippen LogP contribution in [0.1, 0.15) is 6.42 Å². The summed E-state index contributed by atoms with van der Waals surface area (Å²) in [5.41, 5.74) is 1.39. The summed E-state index contributed by atoms with van der Waals surface area (Å²) in [7, 11) is 0. The van der Waals surface area contributed by atoms with E-state index in [4.69, 9.17) is 0 Å². The van der Waals surface area contributed by atoms with Crippen LogP contribution in [0.4, 0.5) is 0 Å². The molecule has 78 valence electrons. The SMILES string of the molecule is O=C1CC=C2N=NC=c3ncccc3=C2N1. The first kappa shape index (κ1) is 8.96. The minimum Gasteiger partial charge on any atom is -0.323 e. The summed E-state index contributed by atoms with van der Waals surface area (Å²) < 4.78 is 0. The first-order valence-electron chi connectivity index (χ1n) is 4.91. The van der Waals surface area contributed by atoms with E-state index < -0.39 is 0 Å². The van der Waals surface area contributed by atoms with Gasteiger partial charge < -0.3 is 5.32 Å². The van der Waals surface area contributed by atoms with E-state index in [1.165, 1.54) is 0 Å². The highest BCUT2D eigenvalue weighted by Gasteiger charge is 2.17. The van der Waals surface area contributed by atoms with E-state index in [0.29, 0.717) is 23.2 Å². The highest BCUT2D eigenvalue weighted by molar-refractivity contribution is 5.90. The molecule has 1 amide bonds. The van der Waals surface area contributed by atoms with Crippen LogP contribution in [0.3, 0.4) is 0 Å². The number of fused-ring (bicyclic) bond motifs is 2. The fraction of sp³-hybridized carbons (Fsp3) is 0.0909. The summed E-state index contributed by atoms with van der Waals surface area (Å²) in [6, 6.07) is 3.72. The number of nitrogens with one attached hydrogen (secondary N) is 1. The molecular formula is C11H8N4O. The van der Waals surface area contributed by atoms with Crippen LogP contribution >= 0.6 is 0 Å². The maximum Gasteiger partial charge on any atom is 0.228 e. The molecule has 1 aromatic heterocycles. The summed E-state index contributed by atoms with van der Waals surface area (Å²) in [5, 5.41) is 12.3. The van der Waals surface area contributed by atoms with E-state index in [1.54, 1.807) is 18.5 Å². The second-order valence-corrected chi connectivity index (χ2v) is 3.50. The van der Waals surface area contributed by atoms with E-state index in [2.05, 4.69) is 20.5 Å². The van der Waals surface area contributed by atoms with E-state index in [9.17, 15) is 4.79 Å². The summed E-state index contributed by atoms with van der Waals surface area (Å²) in [6.07, 6.45) is 5.39. The molecule has 0 bridgehead atoms. The number of hydrogen-bond acceptors (Lipinski definition) is 4. The Balaban J connectivity index is 2.42. The molecule has 2 aliphatic rings. The van der Waals surface area contributed by atoms with Gasteiger partial charge in [-0.3, -0.25) is 9.78 Å². The molecule has 0 fully saturated rings. The van der Waals surface area contributed by atoms with E-state index in [1.807, 2.05) is 12.1 Å². The first-order chi connectivity index (χ1) is 7.84. The van der Waals surface area contributed by atoms with Crippen molar-refractivity contribution in [1.82, 2.24) is 10.3 Å². The highest BCUT2D eigenvalue weighted by atomic mass is 16.1. The van der Waals surface area contributed by atoms with Gasteiger partial charge in [-0.1, -0.05) is 0 Å². The molecular weight excluding hydrogens is 204 g/mol. The molecule has 0 atom stereocenters. The summed E-state index contributed by atoms with van der Waals surface area (Å²) in [6.45, 7) is 0. The van der Waals surface area contributed by atoms with Crippen molar-refractivity contribution in [3.05, 3.63) is 40.7 Å². The van der Waals surface area contributed by atoms with Gasteiger partial charge >= 0.3 is 0 Å². The highest BCUT2D eigenvalue weighted by Crippen LogP contribution is 2.15. The Kier molecular flexibility index (Phi) is 1.89. The van der Waals surface area contributed by atoms with Gasteiger partial charge in [0, 0.05) is 17.8 Å². The number of carbonyl (C=O) groups is 1. The fourth-order valence-corrected chi connectivity index (χ4v) is 1.72. The third-order valence-electron chi connectivity index (χ3n) is 2.45. The van der Waals surface area contributed by atoms with E-state index >= 15 is 0 Å². The molecule has 0 saturated heterocycles. The van der Waals surface area contributed by atoms with Crippen LogP contribution in [-0.2, 0) is 4.79 Å². The van der Waals surface area contributed by atoms with Gasteiger partial charge in [-0.2, -0.15) is 5.11 Å². The maximum atomic E-state index is 11.4. The van der Waals surface area contributed by atoms with Crippen molar-refractivity contribution in [2.45, 2.75) is 6.42 Å². The lowest BCUT2D eigenvalue weighted by molar-refractivity contribution is -0.119. The molecule has 0 aromatic carbocycles. The van der Waals surface area contributed by atoms with Crippen LogP contribution in [0.5, 0.6) is 0 Å². The zero-order chi connectivity index (χ0) is 11.0. The number of azo groups is 1. The minimum atomic E-state index is -0.0364. The topological polar surface area (TPSA) is 66.7 Å². The van der Waals surface area contributed by atoms with Gasteiger partial charge in [0.25, 0.3) is 0 Å². The van der Waals surface area contributed by atoms with Crippen molar-refractivity contribution in [2.24, 2.45) is 10.2 Å². The number of hydrogen-bond donors (Lipinski definition) is 1. The van der Waals surface area contributed by atoms with Crippen molar-refractivity contribution < 1.29 is 4.79 Å². The van der Waals surface area contributed by atoms with Crippen molar-refractivity contribution >= 4 is 17.8 Å². The molecule has 0 radical (unpaired) electrons. The molecule has 0 aliphatic carbocycles. The number of rotatable bonds is 0. The molecule has 0 unspecified atom stereocenters. The van der Waals surface area contributed by atoms with Gasteiger partial charge in [0.2, 0.25) is 5.91 Å².